The number of quaternary nitrogens is 1. The van der Waals surface area contributed by atoms with Crippen LogP contribution >= 0.6 is 0 Å². The molecule has 128 valence electrons. The Morgan fingerprint density at radius 2 is 1.77 bits per heavy atom. The number of rotatable bonds is 2. The van der Waals surface area contributed by atoms with Gasteiger partial charge in [0.15, 0.2) is 0 Å². The number of ether oxygens (including phenoxy) is 3. The average Bonchev–Trinajstić information content (AvgIpc) is 2.45. The third-order valence-electron chi connectivity index (χ3n) is 2.98. The van der Waals surface area contributed by atoms with Crippen LogP contribution in [0.25, 0.3) is 0 Å². The van der Waals surface area contributed by atoms with Crippen LogP contribution in [0.2, 0.25) is 0 Å². The Balaban J connectivity index is 0.000000422. The van der Waals surface area contributed by atoms with Gasteiger partial charge in [0.1, 0.15) is 13.1 Å². The van der Waals surface area contributed by atoms with Gasteiger partial charge < -0.3 is 31.5 Å². The topological polar surface area (TPSA) is 55.3 Å². The Bertz CT molecular complexity index is 421. The molecule has 1 saturated heterocycles. The van der Waals surface area contributed by atoms with Gasteiger partial charge in [-0.2, -0.15) is 4.59 Å². The fourth-order valence-electron chi connectivity index (χ4n) is 1.75. The summed E-state index contributed by atoms with van der Waals surface area (Å²) in [4.78, 5) is 0. The van der Waals surface area contributed by atoms with E-state index in [1.54, 1.807) is 25.5 Å². The minimum Gasteiger partial charge on any atom is -0.481 e. The first-order chi connectivity index (χ1) is 10.2. The van der Waals surface area contributed by atoms with E-state index >= 15 is 0 Å². The molecule has 0 radical (unpaired) electrons. The van der Waals surface area contributed by atoms with Gasteiger partial charge >= 0.3 is 7.25 Å². The number of methoxy groups -OCH3 is 2. The minimum atomic E-state index is -6.00. The van der Waals surface area contributed by atoms with Crippen molar-refractivity contribution in [3.63, 3.8) is 0 Å². The highest BCUT2D eigenvalue weighted by Crippen LogP contribution is 2.16. The Labute approximate surface area is 125 Å². The van der Waals surface area contributed by atoms with Crippen LogP contribution in [0, 0.1) is 0 Å². The van der Waals surface area contributed by atoms with Crippen molar-refractivity contribution in [1.29, 1.82) is 0 Å². The Hall–Kier alpha value is -1.69. The maximum absolute atomic E-state index is 9.75. The first-order valence-electron chi connectivity index (χ1n) is 6.43. The van der Waals surface area contributed by atoms with Gasteiger partial charge in [-0.3, -0.25) is 0 Å². The lowest BCUT2D eigenvalue weighted by Crippen LogP contribution is -2.65. The van der Waals surface area contributed by atoms with E-state index in [9.17, 15) is 17.3 Å². The van der Waals surface area contributed by atoms with Gasteiger partial charge in [-0.1, -0.05) is 5.10 Å². The summed E-state index contributed by atoms with van der Waals surface area (Å²) in [6, 6.07) is 0. The molecule has 12 heteroatoms. The molecule has 0 unspecified atom stereocenters. The van der Waals surface area contributed by atoms with Gasteiger partial charge in [0.25, 0.3) is 0 Å². The molecule has 22 heavy (non-hydrogen) atoms. The Morgan fingerprint density at radius 1 is 1.23 bits per heavy atom. The minimum absolute atomic E-state index is 0.520. The number of likely N-dealkylation sites (N-methyl/N-ethyl adjacent to an activating group) is 1. The van der Waals surface area contributed by atoms with E-state index in [-0.39, 0.29) is 0 Å². The number of nitrogens with one attached hydrogen (secondary N) is 1. The van der Waals surface area contributed by atoms with Crippen LogP contribution in [0.1, 0.15) is 0 Å². The SMILES string of the molecule is COC1=CC(OC)=NN([N+]2(C)CCOCC2)N1.F[B-](F)(F)F. The smallest absolute Gasteiger partial charge is 0.481 e. The highest BCUT2D eigenvalue weighted by Gasteiger charge is 2.35. The van der Waals surface area contributed by atoms with Crippen LogP contribution in [0.5, 0.6) is 0 Å². The van der Waals surface area contributed by atoms with Crippen LogP contribution in [-0.4, -0.2) is 70.5 Å². The maximum atomic E-state index is 9.75. The van der Waals surface area contributed by atoms with Gasteiger partial charge in [-0.25, -0.2) is 5.43 Å². The van der Waals surface area contributed by atoms with E-state index in [0.717, 1.165) is 26.3 Å². The third kappa shape index (κ3) is 5.97. The van der Waals surface area contributed by atoms with Crippen molar-refractivity contribution < 1.29 is 36.1 Å². The molecule has 2 rings (SSSR count). The zero-order chi connectivity index (χ0) is 16.8. The summed E-state index contributed by atoms with van der Waals surface area (Å²) in [5.41, 5.74) is 3.10. The quantitative estimate of drug-likeness (QED) is 0.464. The molecule has 2 aliphatic rings. The standard InChI is InChI=1S/C10H19N4O3.BF4/c1-14(4-6-17-7-5-14)13-11-9(15-2)8-10(12-13)16-3;2-1(3,4)5/h8,11H,4-7H2,1-3H3;/q+1;-1. The molecule has 1 fully saturated rings. The number of hydrogen-bond donors (Lipinski definition) is 1. The Morgan fingerprint density at radius 3 is 2.23 bits per heavy atom. The largest absolute Gasteiger partial charge is 0.673 e. The van der Waals surface area contributed by atoms with Crippen molar-refractivity contribution in [3.05, 3.63) is 12.0 Å². The fraction of sp³-hybridized carbons (Fsp3) is 0.700. The lowest BCUT2D eigenvalue weighted by molar-refractivity contribution is -1.03. The summed E-state index contributed by atoms with van der Waals surface area (Å²) in [7, 11) is -0.717. The molecule has 0 aliphatic carbocycles. The summed E-state index contributed by atoms with van der Waals surface area (Å²) < 4.78 is 55.3. The summed E-state index contributed by atoms with van der Waals surface area (Å²) in [5.74, 6) is 1.13. The van der Waals surface area contributed by atoms with E-state index in [2.05, 4.69) is 17.6 Å². The summed E-state index contributed by atoms with van der Waals surface area (Å²) in [5, 5.41) is 6.12. The van der Waals surface area contributed by atoms with Crippen LogP contribution < -0.4 is 5.43 Å². The van der Waals surface area contributed by atoms with E-state index in [4.69, 9.17) is 14.2 Å². The average molecular weight is 330 g/mol. The van der Waals surface area contributed by atoms with Crippen LogP contribution in [0.15, 0.2) is 17.1 Å². The van der Waals surface area contributed by atoms with Gasteiger partial charge in [-0.15, -0.1) is 0 Å². The predicted octanol–water partition coefficient (Wildman–Crippen LogP) is 0.946. The zero-order valence-corrected chi connectivity index (χ0v) is 12.6. The van der Waals surface area contributed by atoms with E-state index < -0.39 is 7.25 Å². The van der Waals surface area contributed by atoms with Crippen LogP contribution in [-0.2, 0) is 14.2 Å². The Kier molecular flexibility index (Phi) is 6.29. The second kappa shape index (κ2) is 7.54. The highest BCUT2D eigenvalue weighted by molar-refractivity contribution is 6.50. The molecule has 0 bridgehead atoms. The second-order valence-corrected chi connectivity index (χ2v) is 4.65. The fourth-order valence-corrected chi connectivity index (χ4v) is 1.75. The number of hydrogen-bond acceptors (Lipinski definition) is 6. The van der Waals surface area contributed by atoms with Crippen molar-refractivity contribution >= 4 is 13.2 Å². The van der Waals surface area contributed by atoms with Crippen molar-refractivity contribution in [2.24, 2.45) is 5.10 Å². The predicted molar refractivity (Wildman–Crippen MR) is 71.4 cm³/mol. The molecular formula is C10H19BF4N4O3. The first kappa shape index (κ1) is 18.4. The molecule has 0 aromatic carbocycles. The molecule has 0 saturated carbocycles. The number of hydrazone groups is 1. The van der Waals surface area contributed by atoms with Crippen molar-refractivity contribution in [2.75, 3.05) is 47.6 Å². The molecule has 0 amide bonds. The third-order valence-corrected chi connectivity index (χ3v) is 2.98. The molecular weight excluding hydrogens is 311 g/mol. The van der Waals surface area contributed by atoms with E-state index in [1.807, 2.05) is 0 Å². The number of hydrazine groups is 1. The van der Waals surface area contributed by atoms with Gasteiger partial charge in [0.2, 0.25) is 11.8 Å². The lowest BCUT2D eigenvalue weighted by atomic mass is 10.3. The molecule has 0 spiro atoms. The molecule has 0 aromatic rings. The van der Waals surface area contributed by atoms with E-state index in [1.165, 1.54) is 0 Å². The van der Waals surface area contributed by atoms with Gasteiger partial charge in [-0.05, 0) is 5.23 Å². The van der Waals surface area contributed by atoms with Crippen LogP contribution in [0.3, 0.4) is 0 Å². The van der Waals surface area contributed by atoms with Gasteiger partial charge in [0.05, 0.1) is 40.6 Å². The lowest BCUT2D eigenvalue weighted by Gasteiger charge is -2.42. The molecule has 2 aliphatic heterocycles. The number of morpholine rings is 1. The molecule has 7 nitrogen and oxygen atoms in total. The second-order valence-electron chi connectivity index (χ2n) is 4.65. The normalized spacial score (nSPS) is 20.8. The molecule has 2 heterocycles. The van der Waals surface area contributed by atoms with Crippen molar-refractivity contribution in [3.8, 4) is 0 Å². The molecule has 0 aromatic heterocycles. The highest BCUT2D eigenvalue weighted by atomic mass is 19.5. The van der Waals surface area contributed by atoms with E-state index in [0.29, 0.717) is 16.4 Å². The summed E-state index contributed by atoms with van der Waals surface area (Å²) in [6.07, 6.45) is 1.71. The summed E-state index contributed by atoms with van der Waals surface area (Å²) in [6.45, 7) is 3.14. The van der Waals surface area contributed by atoms with Crippen molar-refractivity contribution in [2.45, 2.75) is 0 Å². The maximum Gasteiger partial charge on any atom is 0.673 e. The monoisotopic (exact) mass is 330 g/mol. The summed E-state index contributed by atoms with van der Waals surface area (Å²) >= 11 is 0. The zero-order valence-electron chi connectivity index (χ0n) is 12.6. The van der Waals surface area contributed by atoms with Gasteiger partial charge in [0, 0.05) is 0 Å². The molecule has 0 atom stereocenters. The van der Waals surface area contributed by atoms with Crippen molar-refractivity contribution in [1.82, 2.24) is 10.7 Å². The van der Waals surface area contributed by atoms with Crippen LogP contribution in [0.4, 0.5) is 17.3 Å². The number of halogens is 4. The molecule has 1 N–H and O–H groups in total. The number of nitrogens with zero attached hydrogens (tertiary/aromatic N) is 3. The first-order valence-corrected chi connectivity index (χ1v) is 6.43.